The van der Waals surface area contributed by atoms with Gasteiger partial charge in [-0.1, -0.05) is 20.3 Å². The third kappa shape index (κ3) is 1.50. The second-order valence-corrected chi connectivity index (χ2v) is 3.56. The Morgan fingerprint density at radius 3 is 2.75 bits per heavy atom. The van der Waals surface area contributed by atoms with Gasteiger partial charge < -0.3 is 0 Å². The van der Waals surface area contributed by atoms with Gasteiger partial charge in [0.15, 0.2) is 0 Å². The molecule has 0 aliphatic carbocycles. The molecule has 0 aliphatic heterocycles. The second-order valence-electron chi connectivity index (χ2n) is 1.37. The van der Waals surface area contributed by atoms with E-state index in [0.29, 0.717) is 0 Å². The lowest BCUT2D eigenvalue weighted by atomic mass is 10.6. The van der Waals surface area contributed by atoms with Crippen molar-refractivity contribution in [3.05, 3.63) is 24.0 Å². The average molecular weight is 142 g/mol. The predicted octanol–water partition coefficient (Wildman–Crippen LogP) is 2.99. The third-order valence-electron chi connectivity index (χ3n) is 0.847. The lowest BCUT2D eigenvalue weighted by molar-refractivity contribution is 1.67. The maximum Gasteiger partial charge on any atom is 0.0342 e. The van der Waals surface area contributed by atoms with Crippen molar-refractivity contribution in [2.45, 2.75) is 4.63 Å². The summed E-state index contributed by atoms with van der Waals surface area (Å²) in [6, 6.07) is 6.29. The zero-order valence-electron chi connectivity index (χ0n) is 4.66. The fourth-order valence-electron chi connectivity index (χ4n) is 0.468. The first-order chi connectivity index (χ1) is 3.93. The van der Waals surface area contributed by atoms with Gasteiger partial charge in [0.2, 0.25) is 0 Å². The molecule has 1 aromatic heterocycles. The molecule has 1 heterocycles. The molecule has 8 heavy (non-hydrogen) atoms. The number of rotatable bonds is 1. The third-order valence-corrected chi connectivity index (χ3v) is 2.99. The van der Waals surface area contributed by atoms with E-state index in [1.807, 2.05) is 11.8 Å². The molecule has 1 aromatic rings. The number of hydrogen-bond donors (Lipinski definition) is 0. The van der Waals surface area contributed by atoms with Crippen molar-refractivity contribution in [2.24, 2.45) is 0 Å². The lowest BCUT2D eigenvalue weighted by Gasteiger charge is -1.88. The monoisotopic (exact) mass is 142 g/mol. The molecule has 0 nitrogen and oxygen atoms in total. The van der Waals surface area contributed by atoms with Gasteiger partial charge in [-0.2, -0.15) is 0 Å². The Balaban J connectivity index is 2.83. The van der Waals surface area contributed by atoms with Crippen LogP contribution in [-0.2, 0) is 0 Å². The van der Waals surface area contributed by atoms with E-state index in [4.69, 9.17) is 0 Å². The van der Waals surface area contributed by atoms with Crippen molar-refractivity contribution >= 4 is 20.0 Å². The van der Waals surface area contributed by atoms with E-state index in [0.717, 1.165) is 0 Å². The summed E-state index contributed by atoms with van der Waals surface area (Å²) in [6.45, 7) is 0. The Labute approximate surface area is 55.4 Å². The molecule has 0 spiro atoms. The minimum absolute atomic E-state index is 1.34. The van der Waals surface area contributed by atoms with Gasteiger partial charge in [-0.05, 0) is 18.1 Å². The Bertz CT molecular complexity index is 150. The summed E-state index contributed by atoms with van der Waals surface area (Å²) in [6.07, 6.45) is 2.10. The van der Waals surface area contributed by atoms with Gasteiger partial charge in [0.1, 0.15) is 0 Å². The Kier molecular flexibility index (Phi) is 2.38. The van der Waals surface area contributed by atoms with Crippen molar-refractivity contribution < 1.29 is 0 Å². The maximum atomic E-state index is 2.15. The topological polar surface area (TPSA) is 0 Å². The Hall–Kier alpha value is -0.0000000000000000555. The molecule has 0 saturated heterocycles. The van der Waals surface area contributed by atoms with Crippen LogP contribution in [0.2, 0.25) is 0 Å². The van der Waals surface area contributed by atoms with Gasteiger partial charge in [-0.25, -0.2) is 0 Å². The Morgan fingerprint density at radius 1 is 1.50 bits per heavy atom. The summed E-state index contributed by atoms with van der Waals surface area (Å²) < 4.78 is 1.42. The van der Waals surface area contributed by atoms with E-state index in [1.54, 1.807) is 0 Å². The lowest BCUT2D eigenvalue weighted by Crippen LogP contribution is -1.55. The molecule has 0 saturated carbocycles. The van der Waals surface area contributed by atoms with Crippen LogP contribution in [0.15, 0.2) is 28.6 Å². The van der Waals surface area contributed by atoms with Crippen molar-refractivity contribution in [2.75, 3.05) is 6.26 Å². The van der Waals surface area contributed by atoms with Crippen LogP contribution in [0.1, 0.15) is 0 Å². The van der Waals surface area contributed by atoms with Gasteiger partial charge >= 0.3 is 0 Å². The van der Waals surface area contributed by atoms with Crippen molar-refractivity contribution in [1.29, 1.82) is 0 Å². The Morgan fingerprint density at radius 2 is 2.38 bits per heavy atom. The van der Waals surface area contributed by atoms with Crippen LogP contribution in [0.3, 0.4) is 0 Å². The van der Waals surface area contributed by atoms with Crippen LogP contribution in [0.4, 0.5) is 0 Å². The summed E-state index contributed by atoms with van der Waals surface area (Å²) in [4.78, 5) is 0. The smallest absolute Gasteiger partial charge is 0.0342 e. The van der Waals surface area contributed by atoms with E-state index in [1.165, 1.54) is 12.8 Å². The molecular formula is C6H7PS. The van der Waals surface area contributed by atoms with Gasteiger partial charge in [0, 0.05) is 4.63 Å². The van der Waals surface area contributed by atoms with Gasteiger partial charge in [0.25, 0.3) is 0 Å². The van der Waals surface area contributed by atoms with E-state index in [2.05, 4.69) is 30.3 Å². The molecule has 0 aromatic carbocycles. The molecule has 1 rings (SSSR count). The van der Waals surface area contributed by atoms with Crippen LogP contribution >= 0.6 is 20.0 Å². The molecule has 0 fully saturated rings. The summed E-state index contributed by atoms with van der Waals surface area (Å²) in [7, 11) is 1.34. The largest absolute Gasteiger partial charge is 0.125 e. The minimum Gasteiger partial charge on any atom is -0.125 e. The fraction of sp³-hybridized carbons (Fsp3) is 0.167. The van der Waals surface area contributed by atoms with Crippen LogP contribution in [-0.4, -0.2) is 6.26 Å². The first-order valence-electron chi connectivity index (χ1n) is 2.38. The van der Waals surface area contributed by atoms with Crippen LogP contribution in [0.5, 0.6) is 0 Å². The van der Waals surface area contributed by atoms with E-state index >= 15 is 0 Å². The van der Waals surface area contributed by atoms with Crippen LogP contribution in [0, 0.1) is 0 Å². The summed E-state index contributed by atoms with van der Waals surface area (Å²) >= 11 is 1.81. The molecule has 0 radical (unpaired) electrons. The summed E-state index contributed by atoms with van der Waals surface area (Å²) in [5.41, 5.74) is 0. The summed E-state index contributed by atoms with van der Waals surface area (Å²) in [5, 5.41) is 0. The van der Waals surface area contributed by atoms with E-state index in [9.17, 15) is 0 Å². The molecule has 0 unspecified atom stereocenters. The fourth-order valence-corrected chi connectivity index (χ4v) is 1.79. The molecule has 2 heteroatoms. The zero-order valence-corrected chi connectivity index (χ0v) is 6.38. The highest BCUT2D eigenvalue weighted by Gasteiger charge is 1.81. The van der Waals surface area contributed by atoms with Crippen LogP contribution < -0.4 is 0 Å². The SMILES string of the molecule is CSc1ccccp1. The van der Waals surface area contributed by atoms with Gasteiger partial charge in [-0.3, -0.25) is 0 Å². The maximum absolute atomic E-state index is 2.15. The number of hydrogen-bond acceptors (Lipinski definition) is 1. The normalized spacial score (nSPS) is 10.1. The second kappa shape index (κ2) is 3.11. The minimum atomic E-state index is 1.34. The molecule has 0 N–H and O–H groups in total. The van der Waals surface area contributed by atoms with Gasteiger partial charge in [-0.15, -0.1) is 11.8 Å². The van der Waals surface area contributed by atoms with E-state index in [-0.39, 0.29) is 0 Å². The van der Waals surface area contributed by atoms with Crippen molar-refractivity contribution in [3.63, 3.8) is 0 Å². The molecule has 0 bridgehead atoms. The quantitative estimate of drug-likeness (QED) is 0.543. The standard InChI is InChI=1S/C6H7PS/c1-8-6-4-2-3-5-7-6/h2-5H,1H3. The number of thioether (sulfide) groups is 1. The zero-order chi connectivity index (χ0) is 5.82. The highest BCUT2D eigenvalue weighted by atomic mass is 32.2. The molecule has 0 atom stereocenters. The van der Waals surface area contributed by atoms with Crippen molar-refractivity contribution in [3.8, 4) is 0 Å². The highest BCUT2D eigenvalue weighted by Crippen LogP contribution is 2.22. The van der Waals surface area contributed by atoms with Crippen LogP contribution in [0.25, 0.3) is 0 Å². The molecule has 0 aliphatic rings. The highest BCUT2D eigenvalue weighted by molar-refractivity contribution is 8.01. The first kappa shape index (κ1) is 6.12. The molecular weight excluding hydrogens is 135 g/mol. The van der Waals surface area contributed by atoms with Gasteiger partial charge in [0.05, 0.1) is 0 Å². The molecule has 42 valence electrons. The predicted molar refractivity (Wildman–Crippen MR) is 40.7 cm³/mol. The molecule has 0 amide bonds. The first-order valence-corrected chi connectivity index (χ1v) is 4.57. The van der Waals surface area contributed by atoms with E-state index < -0.39 is 0 Å². The van der Waals surface area contributed by atoms with Crippen molar-refractivity contribution in [1.82, 2.24) is 0 Å². The summed E-state index contributed by atoms with van der Waals surface area (Å²) in [5.74, 6) is 2.14. The average Bonchev–Trinajstić information content (AvgIpc) is 1.90.